The van der Waals surface area contributed by atoms with Gasteiger partial charge in [0, 0.05) is 58.7 Å². The average Bonchev–Trinajstić information content (AvgIpc) is 4.14. The molecule has 4 aromatic carbocycles. The van der Waals surface area contributed by atoms with Crippen molar-refractivity contribution >= 4 is 11.9 Å². The zero-order chi connectivity index (χ0) is 46.4. The van der Waals surface area contributed by atoms with Crippen molar-refractivity contribution in [1.29, 1.82) is 0 Å². The molecule has 0 spiro atoms. The Kier molecular flexibility index (Phi) is 14.5. The summed E-state index contributed by atoms with van der Waals surface area (Å²) in [7, 11) is 0. The average molecular weight is 887 g/mol. The lowest BCUT2D eigenvalue weighted by Gasteiger charge is -2.03. The maximum absolute atomic E-state index is 14.8. The van der Waals surface area contributed by atoms with Gasteiger partial charge in [0.15, 0.2) is 0 Å². The Balaban J connectivity index is 1.20. The zero-order valence-electron chi connectivity index (χ0n) is 34.7. The van der Waals surface area contributed by atoms with Gasteiger partial charge in [0.1, 0.15) is 17.5 Å². The van der Waals surface area contributed by atoms with Gasteiger partial charge in [0.25, 0.3) is 17.7 Å². The van der Waals surface area contributed by atoms with Gasteiger partial charge in [0.2, 0.25) is 17.5 Å². The highest BCUT2D eigenvalue weighted by Crippen LogP contribution is 2.34. The fraction of sp³-hybridized carbons (Fsp3) is 0.120. The minimum Gasteiger partial charge on any atom is -0.463 e. The van der Waals surface area contributed by atoms with Crippen LogP contribution in [0.25, 0.3) is 68.5 Å². The number of hydrogen-bond acceptors (Lipinski definition) is 13. The highest BCUT2D eigenvalue weighted by Gasteiger charge is 2.21. The molecule has 7 aromatic rings. The summed E-state index contributed by atoms with van der Waals surface area (Å²) in [6, 6.07) is 17.5. The Morgan fingerprint density at radius 1 is 0.591 bits per heavy atom. The third kappa shape index (κ3) is 11.3. The Bertz CT molecular complexity index is 3190. The molecule has 0 aliphatic rings. The predicted molar refractivity (Wildman–Crippen MR) is 234 cm³/mol. The molecule has 326 valence electrons. The fourth-order valence-corrected chi connectivity index (χ4v) is 5.96. The van der Waals surface area contributed by atoms with E-state index in [-0.39, 0.29) is 64.9 Å². The summed E-state index contributed by atoms with van der Waals surface area (Å²) >= 11 is 0. The van der Waals surface area contributed by atoms with E-state index in [1.165, 1.54) is 60.7 Å². The van der Waals surface area contributed by atoms with E-state index in [4.69, 9.17) is 23.0 Å². The lowest BCUT2D eigenvalue weighted by Crippen LogP contribution is -2.01. The molecule has 16 heteroatoms. The first-order valence-corrected chi connectivity index (χ1v) is 19.9. The maximum Gasteiger partial charge on any atom is 0.330 e. The van der Waals surface area contributed by atoms with Gasteiger partial charge in [-0.25, -0.2) is 18.0 Å². The first-order valence-electron chi connectivity index (χ1n) is 19.9. The third-order valence-corrected chi connectivity index (χ3v) is 9.14. The third-order valence-electron chi connectivity index (χ3n) is 9.14. The first kappa shape index (κ1) is 45.0. The van der Waals surface area contributed by atoms with Crippen molar-refractivity contribution in [3.63, 3.8) is 0 Å². The van der Waals surface area contributed by atoms with E-state index >= 15 is 0 Å². The van der Waals surface area contributed by atoms with Crippen LogP contribution in [0.3, 0.4) is 0 Å². The minimum absolute atomic E-state index is 0.0283. The van der Waals surface area contributed by atoms with Gasteiger partial charge in [-0.05, 0) is 91.7 Å². The summed E-state index contributed by atoms with van der Waals surface area (Å²) in [5.74, 6) is 14.4. The molecular weight excluding hydrogens is 854 g/mol. The highest BCUT2D eigenvalue weighted by atomic mass is 19.1. The maximum atomic E-state index is 14.8. The normalized spacial score (nSPS) is 10.3. The van der Waals surface area contributed by atoms with Crippen LogP contribution in [0.4, 0.5) is 13.2 Å². The molecule has 0 fully saturated rings. The second-order valence-electron chi connectivity index (χ2n) is 13.7. The minimum atomic E-state index is -0.566. The number of allylic oxidation sites excluding steroid dienone is 1. The van der Waals surface area contributed by atoms with Gasteiger partial charge in [0.05, 0.1) is 29.6 Å². The highest BCUT2D eigenvalue weighted by molar-refractivity contribution is 5.81. The second-order valence-corrected chi connectivity index (χ2v) is 13.7. The van der Waals surface area contributed by atoms with Crippen molar-refractivity contribution in [2.24, 2.45) is 0 Å². The quantitative estimate of drug-likeness (QED) is 0.0333. The van der Waals surface area contributed by atoms with Crippen molar-refractivity contribution in [3.05, 3.63) is 145 Å². The number of halogens is 3. The number of ether oxygens (including phenoxy) is 2. The number of rotatable bonds is 14. The molecule has 0 aliphatic heterocycles. The molecule has 13 nitrogen and oxygen atoms in total. The standard InChI is InChI=1S/C50H33F3N6O7/c1-4-7-14-31-25-34(18-21-40(31)51)45-54-48(64-57-45)37-28-38(49-55-46(58-65-49)35-19-22-41(52)32(26-35)15-10-8-12-17-44(61)62-6-3)30-39(29-37)50-56-47(59-66-50)36-20-23-42(53)33(27-36)16-11-9-13-24-63-43(60)5-2/h4-6,18-23,25-30H,1-3,8-9,12-13,17,24H2. The molecule has 0 saturated heterocycles. The van der Waals surface area contributed by atoms with Gasteiger partial charge >= 0.3 is 11.9 Å². The van der Waals surface area contributed by atoms with Gasteiger partial charge < -0.3 is 23.0 Å². The summed E-state index contributed by atoms with van der Waals surface area (Å²) in [5.41, 5.74) is 2.56. The number of aromatic nitrogens is 6. The van der Waals surface area contributed by atoms with E-state index in [1.807, 2.05) is 0 Å². The Morgan fingerprint density at radius 2 is 1.03 bits per heavy atom. The lowest BCUT2D eigenvalue weighted by molar-refractivity contribution is -0.138. The van der Waals surface area contributed by atoms with Crippen LogP contribution < -0.4 is 0 Å². The molecule has 0 atom stereocenters. The summed E-state index contributed by atoms with van der Waals surface area (Å²) in [6.07, 6.45) is 5.11. The molecule has 3 aromatic heterocycles. The molecule has 0 saturated carbocycles. The molecule has 0 radical (unpaired) electrons. The van der Waals surface area contributed by atoms with Crippen LogP contribution in [0.15, 0.2) is 125 Å². The molecule has 3 heterocycles. The van der Waals surface area contributed by atoms with Gasteiger partial charge in [-0.1, -0.05) is 70.7 Å². The number of hydrogen-bond donors (Lipinski definition) is 0. The van der Waals surface area contributed by atoms with Crippen molar-refractivity contribution in [1.82, 2.24) is 30.4 Å². The molecule has 66 heavy (non-hydrogen) atoms. The van der Waals surface area contributed by atoms with Gasteiger partial charge in [-0.2, -0.15) is 15.0 Å². The van der Waals surface area contributed by atoms with Crippen LogP contribution >= 0.6 is 0 Å². The van der Waals surface area contributed by atoms with Crippen LogP contribution in [0, 0.1) is 53.0 Å². The van der Waals surface area contributed by atoms with Crippen molar-refractivity contribution in [2.45, 2.75) is 32.1 Å². The molecule has 0 unspecified atom stereocenters. The first-order chi connectivity index (χ1) is 32.1. The lowest BCUT2D eigenvalue weighted by atomic mass is 10.0. The number of benzene rings is 4. The van der Waals surface area contributed by atoms with Crippen LogP contribution in [0.5, 0.6) is 0 Å². The van der Waals surface area contributed by atoms with Crippen molar-refractivity contribution in [2.75, 3.05) is 6.61 Å². The smallest absolute Gasteiger partial charge is 0.330 e. The SMILES string of the molecule is C=CC#Cc1cc(-c2noc(-c3cc(-c4nc(-c5ccc(F)c(C#CCCCOC(=O)C=C)c5)no4)cc(-c4nc(-c5ccc(F)c(C#CCCCC(=O)OC=C)c5)no4)c3)n2)ccc1F. The zero-order valence-corrected chi connectivity index (χ0v) is 34.7. The van der Waals surface area contributed by atoms with Crippen LogP contribution in [-0.4, -0.2) is 49.0 Å². The Hall–Kier alpha value is -9.07. The fourth-order valence-electron chi connectivity index (χ4n) is 5.96. The molecule has 0 N–H and O–H groups in total. The number of carbonyl (C=O) groups excluding carboxylic acids is 2. The number of unbranched alkanes of at least 4 members (excludes halogenated alkanes) is 2. The van der Waals surface area contributed by atoms with E-state index in [0.29, 0.717) is 59.1 Å². The van der Waals surface area contributed by atoms with Crippen LogP contribution in [-0.2, 0) is 19.1 Å². The van der Waals surface area contributed by atoms with E-state index in [1.54, 1.807) is 18.2 Å². The molecule has 0 bridgehead atoms. The molecule has 7 rings (SSSR count). The predicted octanol–water partition coefficient (Wildman–Crippen LogP) is 9.86. The van der Waals surface area contributed by atoms with Gasteiger partial charge in [-0.3, -0.25) is 4.79 Å². The van der Waals surface area contributed by atoms with Crippen molar-refractivity contribution < 1.29 is 45.8 Å². The van der Waals surface area contributed by atoms with E-state index in [2.05, 4.69) is 85.7 Å². The van der Waals surface area contributed by atoms with E-state index < -0.39 is 29.4 Å². The largest absolute Gasteiger partial charge is 0.463 e. The number of carbonyl (C=O) groups is 2. The molecule has 0 aliphatic carbocycles. The van der Waals surface area contributed by atoms with E-state index in [0.717, 1.165) is 12.3 Å². The Labute approximate surface area is 375 Å². The van der Waals surface area contributed by atoms with Crippen molar-refractivity contribution in [3.8, 4) is 104 Å². The summed E-state index contributed by atoms with van der Waals surface area (Å²) < 4.78 is 70.9. The van der Waals surface area contributed by atoms with Gasteiger partial charge in [-0.15, -0.1) is 0 Å². The number of nitrogens with zero attached hydrogens (tertiary/aromatic N) is 6. The summed E-state index contributed by atoms with van der Waals surface area (Å²) in [6.45, 7) is 10.4. The summed E-state index contributed by atoms with van der Waals surface area (Å²) in [4.78, 5) is 36.6. The molecular formula is C50H33F3N6O7. The topological polar surface area (TPSA) is 169 Å². The second kappa shape index (κ2) is 21.3. The monoisotopic (exact) mass is 886 g/mol. The van der Waals surface area contributed by atoms with E-state index in [9.17, 15) is 22.8 Å². The number of esters is 2. The Morgan fingerprint density at radius 3 is 1.45 bits per heavy atom. The van der Waals surface area contributed by atoms with Crippen LogP contribution in [0.1, 0.15) is 48.8 Å². The molecule has 0 amide bonds. The summed E-state index contributed by atoms with van der Waals surface area (Å²) in [5, 5.41) is 12.4. The van der Waals surface area contributed by atoms with Crippen LogP contribution in [0.2, 0.25) is 0 Å².